The molecule has 0 aliphatic heterocycles. The van der Waals surface area contributed by atoms with E-state index in [2.05, 4.69) is 15.0 Å². The quantitative estimate of drug-likeness (QED) is 0.496. The monoisotopic (exact) mass is 287 g/mol. The SMILES string of the molecule is CCOC(=O)C(=N)/C=C\Nc1cc(Cl)nc(Cl)c1. The number of ether oxygens (including phenoxy) is 1. The van der Waals surface area contributed by atoms with Crippen molar-refractivity contribution in [1.29, 1.82) is 5.41 Å². The second-order valence-corrected chi connectivity index (χ2v) is 3.89. The zero-order valence-corrected chi connectivity index (χ0v) is 11.0. The molecule has 0 aromatic carbocycles. The van der Waals surface area contributed by atoms with Crippen molar-refractivity contribution in [2.24, 2.45) is 0 Å². The third kappa shape index (κ3) is 4.73. The lowest BCUT2D eigenvalue weighted by atomic mass is 10.3. The highest BCUT2D eigenvalue weighted by Gasteiger charge is 2.05. The summed E-state index contributed by atoms with van der Waals surface area (Å²) in [4.78, 5) is 14.9. The van der Waals surface area contributed by atoms with Crippen molar-refractivity contribution >= 4 is 40.6 Å². The lowest BCUT2D eigenvalue weighted by Gasteiger charge is -2.02. The zero-order chi connectivity index (χ0) is 13.5. The molecule has 18 heavy (non-hydrogen) atoms. The third-order valence-corrected chi connectivity index (χ3v) is 2.15. The fourth-order valence-corrected chi connectivity index (χ4v) is 1.51. The van der Waals surface area contributed by atoms with Crippen LogP contribution in [0.2, 0.25) is 10.3 Å². The molecule has 0 fully saturated rings. The number of carbonyl (C=O) groups excluding carboxylic acids is 1. The van der Waals surface area contributed by atoms with Crippen LogP contribution in [-0.4, -0.2) is 23.3 Å². The molecule has 0 amide bonds. The first-order valence-electron chi connectivity index (χ1n) is 5.04. The number of esters is 1. The topological polar surface area (TPSA) is 75.1 Å². The van der Waals surface area contributed by atoms with Crippen molar-refractivity contribution < 1.29 is 9.53 Å². The number of rotatable bonds is 5. The van der Waals surface area contributed by atoms with E-state index in [1.807, 2.05) is 0 Å². The van der Waals surface area contributed by atoms with Gasteiger partial charge in [0.2, 0.25) is 0 Å². The number of pyridine rings is 1. The standard InChI is InChI=1S/C11H11Cl2N3O2/c1-2-18-11(17)8(14)3-4-15-7-5-9(12)16-10(13)6-7/h3-6,14H,2H2,1H3,(H,15,16)/b4-3-,14-8?. The Morgan fingerprint density at radius 2 is 2.11 bits per heavy atom. The molecule has 1 aromatic rings. The summed E-state index contributed by atoms with van der Waals surface area (Å²) in [6.07, 6.45) is 2.70. The predicted octanol–water partition coefficient (Wildman–Crippen LogP) is 2.90. The molecular formula is C11H11Cl2N3O2. The van der Waals surface area contributed by atoms with Crippen molar-refractivity contribution in [1.82, 2.24) is 4.98 Å². The van der Waals surface area contributed by atoms with Gasteiger partial charge in [0, 0.05) is 11.9 Å². The number of nitrogens with one attached hydrogen (secondary N) is 2. The third-order valence-electron chi connectivity index (χ3n) is 1.76. The van der Waals surface area contributed by atoms with Gasteiger partial charge in [-0.1, -0.05) is 23.2 Å². The molecule has 7 heteroatoms. The lowest BCUT2D eigenvalue weighted by molar-refractivity contribution is -0.135. The minimum Gasteiger partial charge on any atom is -0.461 e. The molecule has 0 saturated heterocycles. The van der Waals surface area contributed by atoms with E-state index in [-0.39, 0.29) is 22.6 Å². The molecular weight excluding hydrogens is 277 g/mol. The average molecular weight is 288 g/mol. The summed E-state index contributed by atoms with van der Waals surface area (Å²) in [5.74, 6) is -0.679. The van der Waals surface area contributed by atoms with E-state index in [0.29, 0.717) is 5.69 Å². The van der Waals surface area contributed by atoms with E-state index < -0.39 is 5.97 Å². The summed E-state index contributed by atoms with van der Waals surface area (Å²) < 4.78 is 4.65. The maximum atomic E-state index is 11.1. The van der Waals surface area contributed by atoms with Crippen LogP contribution < -0.4 is 5.32 Å². The molecule has 1 rings (SSSR count). The van der Waals surface area contributed by atoms with Gasteiger partial charge in [0.25, 0.3) is 0 Å². The van der Waals surface area contributed by atoms with Crippen LogP contribution >= 0.6 is 23.2 Å². The summed E-state index contributed by atoms with van der Waals surface area (Å²) in [6, 6.07) is 3.12. The van der Waals surface area contributed by atoms with Crippen LogP contribution in [0.4, 0.5) is 5.69 Å². The maximum Gasteiger partial charge on any atom is 0.356 e. The van der Waals surface area contributed by atoms with Gasteiger partial charge >= 0.3 is 5.97 Å². The van der Waals surface area contributed by atoms with Gasteiger partial charge < -0.3 is 10.1 Å². The maximum absolute atomic E-state index is 11.1. The largest absolute Gasteiger partial charge is 0.461 e. The Labute approximate surface area is 114 Å². The number of anilines is 1. The van der Waals surface area contributed by atoms with E-state index in [9.17, 15) is 4.79 Å². The van der Waals surface area contributed by atoms with E-state index in [4.69, 9.17) is 28.6 Å². The van der Waals surface area contributed by atoms with Gasteiger partial charge in [0.1, 0.15) is 16.0 Å². The van der Waals surface area contributed by atoms with Gasteiger partial charge in [-0.05, 0) is 25.1 Å². The molecule has 0 aliphatic rings. The van der Waals surface area contributed by atoms with Crippen LogP contribution in [-0.2, 0) is 9.53 Å². The highest BCUT2D eigenvalue weighted by molar-refractivity contribution is 6.39. The normalized spacial score (nSPS) is 10.4. The molecule has 0 spiro atoms. The predicted molar refractivity (Wildman–Crippen MR) is 71.4 cm³/mol. The molecule has 96 valence electrons. The molecule has 1 heterocycles. The van der Waals surface area contributed by atoms with Crippen LogP contribution in [0.5, 0.6) is 0 Å². The first-order valence-corrected chi connectivity index (χ1v) is 5.80. The molecule has 0 radical (unpaired) electrons. The number of hydrogen-bond acceptors (Lipinski definition) is 5. The molecule has 0 aliphatic carbocycles. The minimum absolute atomic E-state index is 0.234. The molecule has 5 nitrogen and oxygen atoms in total. The molecule has 1 aromatic heterocycles. The van der Waals surface area contributed by atoms with Gasteiger partial charge in [-0.25, -0.2) is 9.78 Å². The molecule has 0 atom stereocenters. The Morgan fingerprint density at radius 1 is 1.50 bits per heavy atom. The van der Waals surface area contributed by atoms with Crippen LogP contribution in [0.25, 0.3) is 0 Å². The molecule has 2 N–H and O–H groups in total. The summed E-state index contributed by atoms with van der Waals surface area (Å²) in [7, 11) is 0. The van der Waals surface area contributed by atoms with Crippen molar-refractivity contribution in [2.45, 2.75) is 6.92 Å². The number of carbonyl (C=O) groups is 1. The first kappa shape index (κ1) is 14.5. The number of nitrogens with zero attached hydrogens (tertiary/aromatic N) is 1. The Morgan fingerprint density at radius 3 is 2.67 bits per heavy atom. The Balaban J connectivity index is 2.59. The fourth-order valence-electron chi connectivity index (χ4n) is 1.05. The van der Waals surface area contributed by atoms with Crippen molar-refractivity contribution in [3.8, 4) is 0 Å². The van der Waals surface area contributed by atoms with Gasteiger partial charge in [-0.2, -0.15) is 0 Å². The Hall–Kier alpha value is -1.59. The van der Waals surface area contributed by atoms with Gasteiger partial charge in [-0.3, -0.25) is 5.41 Å². The highest BCUT2D eigenvalue weighted by atomic mass is 35.5. The summed E-state index contributed by atoms with van der Waals surface area (Å²) >= 11 is 11.4. The van der Waals surface area contributed by atoms with E-state index in [1.54, 1.807) is 19.1 Å². The highest BCUT2D eigenvalue weighted by Crippen LogP contribution is 2.18. The average Bonchev–Trinajstić information content (AvgIpc) is 2.27. The Bertz CT molecular complexity index is 469. The van der Waals surface area contributed by atoms with Crippen LogP contribution in [0, 0.1) is 5.41 Å². The molecule has 0 saturated carbocycles. The Kier molecular flexibility index (Phi) is 5.61. The first-order chi connectivity index (χ1) is 8.52. The number of halogens is 2. The number of aromatic nitrogens is 1. The molecule has 0 unspecified atom stereocenters. The van der Waals surface area contributed by atoms with Crippen LogP contribution in [0.3, 0.4) is 0 Å². The smallest absolute Gasteiger partial charge is 0.356 e. The summed E-state index contributed by atoms with van der Waals surface area (Å²) in [6.45, 7) is 1.91. The summed E-state index contributed by atoms with van der Waals surface area (Å²) in [5, 5.41) is 10.7. The summed E-state index contributed by atoms with van der Waals surface area (Å²) in [5.41, 5.74) is 0.350. The van der Waals surface area contributed by atoms with Crippen molar-refractivity contribution in [3.63, 3.8) is 0 Å². The second-order valence-electron chi connectivity index (χ2n) is 3.11. The van der Waals surface area contributed by atoms with Crippen molar-refractivity contribution in [2.75, 3.05) is 11.9 Å². The van der Waals surface area contributed by atoms with Crippen LogP contribution in [0.1, 0.15) is 6.92 Å². The second kappa shape index (κ2) is 6.98. The van der Waals surface area contributed by atoms with Crippen LogP contribution in [0.15, 0.2) is 24.4 Å². The lowest BCUT2D eigenvalue weighted by Crippen LogP contribution is -2.14. The number of hydrogen-bond donors (Lipinski definition) is 2. The fraction of sp³-hybridized carbons (Fsp3) is 0.182. The van der Waals surface area contributed by atoms with Gasteiger partial charge in [-0.15, -0.1) is 0 Å². The zero-order valence-electron chi connectivity index (χ0n) is 9.54. The van der Waals surface area contributed by atoms with E-state index in [0.717, 1.165) is 0 Å². The molecule has 0 bridgehead atoms. The van der Waals surface area contributed by atoms with Crippen molar-refractivity contribution in [3.05, 3.63) is 34.7 Å². The van der Waals surface area contributed by atoms with E-state index in [1.165, 1.54) is 12.3 Å². The van der Waals surface area contributed by atoms with Gasteiger partial charge in [0.05, 0.1) is 6.61 Å². The minimum atomic E-state index is -0.679. The van der Waals surface area contributed by atoms with E-state index >= 15 is 0 Å². The van der Waals surface area contributed by atoms with Gasteiger partial charge in [0.15, 0.2) is 0 Å².